The van der Waals surface area contributed by atoms with E-state index in [2.05, 4.69) is 20.8 Å². The molecule has 0 heterocycles. The average Bonchev–Trinajstić information content (AvgIpc) is 2.85. The summed E-state index contributed by atoms with van der Waals surface area (Å²) in [6, 6.07) is 1.82. The zero-order valence-electron chi connectivity index (χ0n) is 22.6. The summed E-state index contributed by atoms with van der Waals surface area (Å²) in [7, 11) is 3.07. The monoisotopic (exact) mass is 486 g/mol. The first-order valence-electron chi connectivity index (χ1n) is 13.6. The highest BCUT2D eigenvalue weighted by Gasteiger charge is 2.32. The lowest BCUT2D eigenvalue weighted by Gasteiger charge is -2.25. The fraction of sp³-hybridized carbons (Fsp3) is 0.667. The first kappa shape index (κ1) is 29.1. The number of ketones is 2. The Kier molecular flexibility index (Phi) is 13.1. The number of carbonyl (C=O) groups excluding carboxylic acids is 2. The number of hydrogen-bond acceptors (Lipinski definition) is 5. The molecule has 1 aliphatic carbocycles. The second kappa shape index (κ2) is 15.8. The zero-order chi connectivity index (χ0) is 25.6. The molecule has 0 aromatic heterocycles. The highest BCUT2D eigenvalue weighted by molar-refractivity contribution is 6.24. The summed E-state index contributed by atoms with van der Waals surface area (Å²) in [5.41, 5.74) is 1.34. The van der Waals surface area contributed by atoms with Crippen LogP contribution in [0.2, 0.25) is 0 Å². The van der Waals surface area contributed by atoms with E-state index in [1.165, 1.54) is 70.6 Å². The Hall–Kier alpha value is -2.14. The lowest BCUT2D eigenvalue weighted by Crippen LogP contribution is -2.18. The minimum atomic E-state index is -0.244. The smallest absolute Gasteiger partial charge is 0.190 e. The molecule has 1 aliphatic rings. The second-order valence-electron chi connectivity index (χ2n) is 10.0. The number of fused-ring (bicyclic) bond motifs is 1. The molecule has 5 nitrogen and oxygen atoms in total. The first-order chi connectivity index (χ1) is 16.9. The largest absolute Gasteiger partial charge is 0.496 e. The Bertz CT molecular complexity index is 840. The Labute approximate surface area is 212 Å². The van der Waals surface area contributed by atoms with E-state index in [0.29, 0.717) is 24.0 Å². The third-order valence-electron chi connectivity index (χ3n) is 6.75. The fourth-order valence-electron chi connectivity index (χ4n) is 4.71. The van der Waals surface area contributed by atoms with Crippen molar-refractivity contribution >= 4 is 11.6 Å². The van der Waals surface area contributed by atoms with Crippen LogP contribution in [0, 0.1) is 5.92 Å². The second-order valence-corrected chi connectivity index (χ2v) is 10.0. The summed E-state index contributed by atoms with van der Waals surface area (Å²) in [6.07, 6.45) is 17.0. The molecule has 0 fully saturated rings. The van der Waals surface area contributed by atoms with E-state index in [0.717, 1.165) is 31.2 Å². The van der Waals surface area contributed by atoms with Gasteiger partial charge in [-0.3, -0.25) is 9.59 Å². The molecule has 0 aliphatic heterocycles. The molecule has 1 aromatic rings. The van der Waals surface area contributed by atoms with Crippen LogP contribution in [0.3, 0.4) is 0 Å². The molecule has 1 unspecified atom stereocenters. The first-order valence-corrected chi connectivity index (χ1v) is 13.6. The number of benzene rings is 1. The Morgan fingerprint density at radius 1 is 0.743 bits per heavy atom. The van der Waals surface area contributed by atoms with E-state index in [-0.39, 0.29) is 28.8 Å². The maximum absolute atomic E-state index is 12.8. The van der Waals surface area contributed by atoms with Crippen molar-refractivity contribution in [3.8, 4) is 11.5 Å². The minimum absolute atomic E-state index is 0.223. The molecule has 1 atom stereocenters. The van der Waals surface area contributed by atoms with Crippen molar-refractivity contribution in [3.05, 3.63) is 34.9 Å². The predicted molar refractivity (Wildman–Crippen MR) is 142 cm³/mol. The summed E-state index contributed by atoms with van der Waals surface area (Å²) >= 11 is 0. The van der Waals surface area contributed by atoms with Gasteiger partial charge in [0.2, 0.25) is 0 Å². The maximum Gasteiger partial charge on any atom is 0.190 e. The van der Waals surface area contributed by atoms with Crippen LogP contribution in [0.15, 0.2) is 18.2 Å². The Morgan fingerprint density at radius 3 is 1.86 bits per heavy atom. The third kappa shape index (κ3) is 8.79. The van der Waals surface area contributed by atoms with Crippen LogP contribution in [-0.4, -0.2) is 32.4 Å². The van der Waals surface area contributed by atoms with Gasteiger partial charge in [0.15, 0.2) is 11.6 Å². The van der Waals surface area contributed by atoms with E-state index < -0.39 is 0 Å². The number of ether oxygens (including phenoxy) is 3. The van der Waals surface area contributed by atoms with Gasteiger partial charge in [0.1, 0.15) is 11.5 Å². The van der Waals surface area contributed by atoms with Crippen LogP contribution in [0.25, 0.3) is 0 Å². The molecule has 0 spiro atoms. The van der Waals surface area contributed by atoms with Crippen LogP contribution >= 0.6 is 0 Å². The normalized spacial score (nSPS) is 13.9. The maximum atomic E-state index is 12.8. The van der Waals surface area contributed by atoms with Crippen molar-refractivity contribution in [3.63, 3.8) is 0 Å². The molecule has 35 heavy (non-hydrogen) atoms. The number of rotatable bonds is 18. The van der Waals surface area contributed by atoms with Gasteiger partial charge in [-0.25, -0.2) is 0 Å². The lowest BCUT2D eigenvalue weighted by atomic mass is 9.88. The highest BCUT2D eigenvalue weighted by atomic mass is 16.5. The van der Waals surface area contributed by atoms with E-state index >= 15 is 0 Å². The SMILES string of the molecule is CCCCCCCCCCCCOC(CCC(C)C)c1cc(OC)c2c(c1OC)C(=O)C=CC2=O. The van der Waals surface area contributed by atoms with Crippen molar-refractivity contribution < 1.29 is 23.8 Å². The third-order valence-corrected chi connectivity index (χ3v) is 6.75. The topological polar surface area (TPSA) is 61.8 Å². The minimum Gasteiger partial charge on any atom is -0.496 e. The number of hydrogen-bond donors (Lipinski definition) is 0. The van der Waals surface area contributed by atoms with Gasteiger partial charge in [0.05, 0.1) is 31.5 Å². The van der Waals surface area contributed by atoms with Crippen molar-refractivity contribution in [1.29, 1.82) is 0 Å². The molecule has 2 rings (SSSR count). The van der Waals surface area contributed by atoms with Crippen LogP contribution in [-0.2, 0) is 4.74 Å². The molecular weight excluding hydrogens is 440 g/mol. The molecule has 0 radical (unpaired) electrons. The van der Waals surface area contributed by atoms with E-state index in [1.807, 2.05) is 6.07 Å². The molecule has 0 saturated carbocycles. The van der Waals surface area contributed by atoms with E-state index in [4.69, 9.17) is 14.2 Å². The molecule has 1 aromatic carbocycles. The lowest BCUT2D eigenvalue weighted by molar-refractivity contribution is 0.0385. The van der Waals surface area contributed by atoms with Gasteiger partial charge in [-0.15, -0.1) is 0 Å². The molecule has 0 saturated heterocycles. The molecule has 196 valence electrons. The van der Waals surface area contributed by atoms with E-state index in [9.17, 15) is 9.59 Å². The van der Waals surface area contributed by atoms with Gasteiger partial charge < -0.3 is 14.2 Å². The summed E-state index contributed by atoms with van der Waals surface area (Å²) in [4.78, 5) is 25.3. The van der Waals surface area contributed by atoms with Crippen LogP contribution in [0.1, 0.15) is 130 Å². The summed E-state index contributed by atoms with van der Waals surface area (Å²) in [6.45, 7) is 7.30. The van der Waals surface area contributed by atoms with Gasteiger partial charge in [0, 0.05) is 12.2 Å². The van der Waals surface area contributed by atoms with Crippen molar-refractivity contribution in [2.75, 3.05) is 20.8 Å². The standard InChI is InChI=1S/C30H46O5/c1-6-7-8-9-10-11-12-13-14-15-20-35-26(19-16-22(2)3)23-21-27(33-4)28-24(31)17-18-25(32)29(28)30(23)34-5/h17-18,21-22,26H,6-16,19-20H2,1-5H3. The zero-order valence-corrected chi connectivity index (χ0v) is 22.6. The molecular formula is C30H46O5. The van der Waals surface area contributed by atoms with Crippen LogP contribution in [0.4, 0.5) is 0 Å². The average molecular weight is 487 g/mol. The van der Waals surface area contributed by atoms with Gasteiger partial charge in [-0.05, 0) is 43.4 Å². The Morgan fingerprint density at radius 2 is 1.31 bits per heavy atom. The Balaban J connectivity index is 2.05. The molecule has 5 heteroatoms. The van der Waals surface area contributed by atoms with Crippen LogP contribution in [0.5, 0.6) is 11.5 Å². The molecule has 0 bridgehead atoms. The van der Waals surface area contributed by atoms with Gasteiger partial charge in [-0.2, -0.15) is 0 Å². The van der Waals surface area contributed by atoms with Gasteiger partial charge in [0.25, 0.3) is 0 Å². The van der Waals surface area contributed by atoms with Crippen molar-refractivity contribution in [2.45, 2.75) is 104 Å². The summed E-state index contributed by atoms with van der Waals surface area (Å²) < 4.78 is 17.7. The van der Waals surface area contributed by atoms with E-state index in [1.54, 1.807) is 7.11 Å². The summed E-state index contributed by atoms with van der Waals surface area (Å²) in [5, 5.41) is 0. The number of methoxy groups -OCH3 is 2. The molecule has 0 N–H and O–H groups in total. The van der Waals surface area contributed by atoms with Gasteiger partial charge in [-0.1, -0.05) is 78.6 Å². The predicted octanol–water partition coefficient (Wildman–Crippen LogP) is 8.05. The number of allylic oxidation sites excluding steroid dienone is 2. The number of unbranched alkanes of at least 4 members (excludes halogenated alkanes) is 9. The van der Waals surface area contributed by atoms with Crippen molar-refractivity contribution in [1.82, 2.24) is 0 Å². The van der Waals surface area contributed by atoms with Crippen molar-refractivity contribution in [2.24, 2.45) is 5.92 Å². The highest BCUT2D eigenvalue weighted by Crippen LogP contribution is 2.42. The summed E-state index contributed by atoms with van der Waals surface area (Å²) in [5.74, 6) is 0.867. The fourth-order valence-corrected chi connectivity index (χ4v) is 4.71. The van der Waals surface area contributed by atoms with Crippen LogP contribution < -0.4 is 9.47 Å². The van der Waals surface area contributed by atoms with Gasteiger partial charge >= 0.3 is 0 Å². The molecule has 0 amide bonds. The number of carbonyl (C=O) groups is 2. The quantitative estimate of drug-likeness (QED) is 0.196.